The van der Waals surface area contributed by atoms with Gasteiger partial charge < -0.3 is 14.6 Å². The van der Waals surface area contributed by atoms with E-state index in [1.165, 1.54) is 11.3 Å². The largest absolute Gasteiger partial charge is 0.311 e. The lowest BCUT2D eigenvalue weighted by atomic mass is 9.86. The summed E-state index contributed by atoms with van der Waals surface area (Å²) >= 11 is 1.38. The average Bonchev–Trinajstić information content (AvgIpc) is 3.16. The van der Waals surface area contributed by atoms with E-state index in [9.17, 15) is 10.1 Å². The predicted octanol–water partition coefficient (Wildman–Crippen LogP) is 3.88. The number of rotatable bonds is 4. The van der Waals surface area contributed by atoms with Gasteiger partial charge in [-0.3, -0.25) is 4.79 Å². The Morgan fingerprint density at radius 1 is 1.37 bits per heavy atom. The Kier molecular flexibility index (Phi) is 5.05. The zero-order chi connectivity index (χ0) is 19.8. The van der Waals surface area contributed by atoms with Gasteiger partial charge in [0.25, 0.3) is 5.91 Å². The maximum atomic E-state index is 13.0. The molecule has 0 atom stereocenters. The highest BCUT2D eigenvalue weighted by Gasteiger charge is 2.25. The monoisotopic (exact) mass is 381 g/mol. The second-order valence-corrected chi connectivity index (χ2v) is 8.62. The van der Waals surface area contributed by atoms with Crippen LogP contribution in [0, 0.1) is 11.3 Å². The fourth-order valence-corrected chi connectivity index (χ4v) is 4.09. The van der Waals surface area contributed by atoms with Crippen LogP contribution in [0.4, 0.5) is 5.00 Å². The maximum absolute atomic E-state index is 13.0. The van der Waals surface area contributed by atoms with E-state index in [4.69, 9.17) is 0 Å². The minimum atomic E-state index is -0.297. The molecule has 6 nitrogen and oxygen atoms in total. The molecule has 3 heterocycles. The summed E-state index contributed by atoms with van der Waals surface area (Å²) in [5, 5.41) is 15.0. The summed E-state index contributed by atoms with van der Waals surface area (Å²) in [4.78, 5) is 19.5. The fourth-order valence-electron chi connectivity index (χ4n) is 2.95. The number of hydrogen-bond donors (Lipinski definition) is 1. The Labute approximate surface area is 163 Å². The number of nitriles is 1. The van der Waals surface area contributed by atoms with Gasteiger partial charge in [-0.1, -0.05) is 26.8 Å². The van der Waals surface area contributed by atoms with E-state index in [0.29, 0.717) is 22.8 Å². The van der Waals surface area contributed by atoms with Crippen molar-refractivity contribution in [2.75, 3.05) is 19.4 Å². The van der Waals surface area contributed by atoms with Crippen molar-refractivity contribution in [3.05, 3.63) is 52.3 Å². The van der Waals surface area contributed by atoms with Crippen LogP contribution in [0.1, 0.15) is 48.1 Å². The molecular weight excluding hydrogens is 358 g/mol. The van der Waals surface area contributed by atoms with Crippen molar-refractivity contribution in [2.24, 2.45) is 0 Å². The molecule has 0 aliphatic carbocycles. The number of aromatic nitrogens is 2. The highest BCUT2D eigenvalue weighted by molar-refractivity contribution is 7.14. The van der Waals surface area contributed by atoms with Crippen molar-refractivity contribution < 1.29 is 4.79 Å². The molecule has 0 fully saturated rings. The van der Waals surface area contributed by atoms with Gasteiger partial charge in [-0.15, -0.1) is 11.3 Å². The molecule has 0 saturated heterocycles. The highest BCUT2D eigenvalue weighted by Crippen LogP contribution is 2.35. The minimum Gasteiger partial charge on any atom is -0.311 e. The molecular formula is C20H23N5OS. The molecule has 3 aromatic rings. The summed E-state index contributed by atoms with van der Waals surface area (Å²) in [6.45, 7) is 6.74. The molecule has 0 radical (unpaired) electrons. The predicted molar refractivity (Wildman–Crippen MR) is 108 cm³/mol. The van der Waals surface area contributed by atoms with Crippen LogP contribution in [0.15, 0.2) is 29.8 Å². The Hall–Kier alpha value is -2.69. The van der Waals surface area contributed by atoms with Crippen molar-refractivity contribution in [1.82, 2.24) is 14.3 Å². The van der Waals surface area contributed by atoms with E-state index in [1.54, 1.807) is 0 Å². The molecule has 0 saturated carbocycles. The summed E-state index contributed by atoms with van der Waals surface area (Å²) in [6.07, 6.45) is 1.90. The Morgan fingerprint density at radius 3 is 2.74 bits per heavy atom. The van der Waals surface area contributed by atoms with Gasteiger partial charge in [0.15, 0.2) is 5.69 Å². The minimum absolute atomic E-state index is 0.163. The number of amides is 1. The summed E-state index contributed by atoms with van der Waals surface area (Å²) in [6, 6.07) is 7.93. The van der Waals surface area contributed by atoms with Crippen LogP contribution in [0.5, 0.6) is 0 Å². The van der Waals surface area contributed by atoms with Gasteiger partial charge in [-0.2, -0.15) is 5.26 Å². The van der Waals surface area contributed by atoms with Gasteiger partial charge in [0, 0.05) is 12.7 Å². The number of imidazole rings is 1. The van der Waals surface area contributed by atoms with E-state index >= 15 is 0 Å². The lowest BCUT2D eigenvalue weighted by Crippen LogP contribution is -2.19. The summed E-state index contributed by atoms with van der Waals surface area (Å²) in [5.41, 5.74) is 3.22. The molecule has 3 rings (SSSR count). The molecule has 0 spiro atoms. The lowest BCUT2D eigenvalue weighted by molar-refractivity contribution is 0.102. The number of nitrogens with one attached hydrogen (secondary N) is 1. The molecule has 1 N–H and O–H groups in total. The first-order valence-electron chi connectivity index (χ1n) is 8.66. The van der Waals surface area contributed by atoms with E-state index in [-0.39, 0.29) is 11.3 Å². The van der Waals surface area contributed by atoms with Crippen molar-refractivity contribution in [1.29, 1.82) is 5.26 Å². The number of anilines is 1. The zero-order valence-corrected chi connectivity index (χ0v) is 17.0. The van der Waals surface area contributed by atoms with Gasteiger partial charge in [-0.05, 0) is 42.6 Å². The molecule has 0 aliphatic heterocycles. The lowest BCUT2D eigenvalue weighted by Gasteiger charge is -2.17. The number of carbonyl (C=O) groups is 1. The van der Waals surface area contributed by atoms with Crippen LogP contribution < -0.4 is 5.32 Å². The first kappa shape index (κ1) is 19.1. The van der Waals surface area contributed by atoms with Crippen molar-refractivity contribution in [3.8, 4) is 6.07 Å². The van der Waals surface area contributed by atoms with Crippen molar-refractivity contribution in [3.63, 3.8) is 0 Å². The standard InChI is InChI=1S/C20H23N5OS/c1-20(2,3)14-12-27-19(13(14)10-21)23-18(26)17-15(11-24(4)5)25-9-7-6-8-16(25)22-17/h6-9,12H,11H2,1-5H3,(H,23,26). The van der Waals surface area contributed by atoms with Crippen LogP contribution >= 0.6 is 11.3 Å². The Balaban J connectivity index is 2.01. The highest BCUT2D eigenvalue weighted by atomic mass is 32.1. The summed E-state index contributed by atoms with van der Waals surface area (Å²) < 4.78 is 1.93. The van der Waals surface area contributed by atoms with Crippen LogP contribution in [-0.2, 0) is 12.0 Å². The van der Waals surface area contributed by atoms with Gasteiger partial charge in [0.1, 0.15) is 16.7 Å². The van der Waals surface area contributed by atoms with Crippen LogP contribution in [0.25, 0.3) is 5.65 Å². The van der Waals surface area contributed by atoms with Crippen LogP contribution in [0.2, 0.25) is 0 Å². The third-order valence-electron chi connectivity index (χ3n) is 4.25. The van der Waals surface area contributed by atoms with Gasteiger partial charge in [-0.25, -0.2) is 4.98 Å². The van der Waals surface area contributed by atoms with Crippen molar-refractivity contribution >= 4 is 27.9 Å². The second-order valence-electron chi connectivity index (χ2n) is 7.74. The first-order chi connectivity index (χ1) is 12.7. The van der Waals surface area contributed by atoms with Gasteiger partial charge in [0.2, 0.25) is 0 Å². The quantitative estimate of drug-likeness (QED) is 0.744. The van der Waals surface area contributed by atoms with Crippen LogP contribution in [0.3, 0.4) is 0 Å². The molecule has 27 heavy (non-hydrogen) atoms. The molecule has 0 aromatic carbocycles. The number of hydrogen-bond acceptors (Lipinski definition) is 5. The first-order valence-corrected chi connectivity index (χ1v) is 9.54. The number of nitrogens with zero attached hydrogens (tertiary/aromatic N) is 4. The average molecular weight is 382 g/mol. The Bertz CT molecular complexity index is 1030. The zero-order valence-electron chi connectivity index (χ0n) is 16.2. The smallest absolute Gasteiger partial charge is 0.276 e. The summed E-state index contributed by atoms with van der Waals surface area (Å²) in [5.74, 6) is -0.297. The number of fused-ring (bicyclic) bond motifs is 1. The normalized spacial score (nSPS) is 11.7. The number of thiophene rings is 1. The maximum Gasteiger partial charge on any atom is 0.276 e. The molecule has 1 amide bonds. The third-order valence-corrected chi connectivity index (χ3v) is 5.14. The van der Waals surface area contributed by atoms with Crippen molar-refractivity contribution in [2.45, 2.75) is 32.7 Å². The SMILES string of the molecule is CN(C)Cc1c(C(=O)Nc2scc(C(C)(C)C)c2C#N)nc2ccccn12. The van der Waals surface area contributed by atoms with E-state index in [1.807, 2.05) is 53.2 Å². The van der Waals surface area contributed by atoms with Crippen LogP contribution in [-0.4, -0.2) is 34.3 Å². The number of pyridine rings is 1. The molecule has 0 unspecified atom stereocenters. The third kappa shape index (κ3) is 3.72. The molecule has 140 valence electrons. The second kappa shape index (κ2) is 7.14. The van der Waals surface area contributed by atoms with Gasteiger partial charge >= 0.3 is 0 Å². The van der Waals surface area contributed by atoms with Gasteiger partial charge in [0.05, 0.1) is 11.3 Å². The topological polar surface area (TPSA) is 73.4 Å². The molecule has 3 aromatic heterocycles. The molecule has 0 aliphatic rings. The summed E-state index contributed by atoms with van der Waals surface area (Å²) in [7, 11) is 3.90. The molecule has 0 bridgehead atoms. The molecule has 7 heteroatoms. The van der Waals surface area contributed by atoms with E-state index < -0.39 is 0 Å². The van der Waals surface area contributed by atoms with E-state index in [0.717, 1.165) is 16.9 Å². The fraction of sp³-hybridized carbons (Fsp3) is 0.350. The van der Waals surface area contributed by atoms with E-state index in [2.05, 4.69) is 37.1 Å². The Morgan fingerprint density at radius 2 is 2.11 bits per heavy atom. The number of carbonyl (C=O) groups excluding carboxylic acids is 1.